The van der Waals surface area contributed by atoms with Crippen LogP contribution in [0.2, 0.25) is 0 Å². The molecule has 0 aliphatic rings. The molecule has 0 fully saturated rings. The van der Waals surface area contributed by atoms with Crippen molar-refractivity contribution in [2.75, 3.05) is 13.1 Å². The average molecular weight is 288 g/mol. The van der Waals surface area contributed by atoms with Crippen LogP contribution < -0.4 is 10.0 Å². The number of hydrogen-bond donors (Lipinski definition) is 2. The van der Waals surface area contributed by atoms with Crippen LogP contribution in [0.1, 0.15) is 32.4 Å². The third-order valence-electron chi connectivity index (χ3n) is 2.92. The molecule has 19 heavy (non-hydrogen) atoms. The SMILES string of the molecule is CCNCC(C)S(=O)(=O)NC(C)c1ccc(F)cc1. The zero-order chi connectivity index (χ0) is 14.5. The van der Waals surface area contributed by atoms with Gasteiger partial charge in [-0.1, -0.05) is 19.1 Å². The van der Waals surface area contributed by atoms with Crippen LogP contribution in [0, 0.1) is 5.82 Å². The van der Waals surface area contributed by atoms with Gasteiger partial charge < -0.3 is 5.32 Å². The molecular formula is C13H21FN2O2S. The van der Waals surface area contributed by atoms with Crippen LogP contribution in [0.3, 0.4) is 0 Å². The van der Waals surface area contributed by atoms with E-state index in [0.717, 1.165) is 12.1 Å². The van der Waals surface area contributed by atoms with E-state index in [1.54, 1.807) is 26.0 Å². The molecule has 0 heterocycles. The Morgan fingerprint density at radius 1 is 1.21 bits per heavy atom. The van der Waals surface area contributed by atoms with Crippen LogP contribution in [-0.4, -0.2) is 26.8 Å². The topological polar surface area (TPSA) is 58.2 Å². The molecule has 1 aromatic carbocycles. The summed E-state index contributed by atoms with van der Waals surface area (Å²) in [4.78, 5) is 0. The molecular weight excluding hydrogens is 267 g/mol. The van der Waals surface area contributed by atoms with Crippen molar-refractivity contribution >= 4 is 10.0 Å². The molecule has 0 bridgehead atoms. The summed E-state index contributed by atoms with van der Waals surface area (Å²) >= 11 is 0. The van der Waals surface area contributed by atoms with Gasteiger partial charge in [-0.3, -0.25) is 0 Å². The van der Waals surface area contributed by atoms with E-state index in [1.165, 1.54) is 12.1 Å². The van der Waals surface area contributed by atoms with E-state index in [-0.39, 0.29) is 11.9 Å². The van der Waals surface area contributed by atoms with Gasteiger partial charge in [0.2, 0.25) is 10.0 Å². The molecule has 4 nitrogen and oxygen atoms in total. The number of hydrogen-bond acceptors (Lipinski definition) is 3. The average Bonchev–Trinajstić information content (AvgIpc) is 2.36. The highest BCUT2D eigenvalue weighted by molar-refractivity contribution is 7.90. The van der Waals surface area contributed by atoms with Crippen LogP contribution in [0.15, 0.2) is 24.3 Å². The van der Waals surface area contributed by atoms with Gasteiger partial charge in [0.1, 0.15) is 5.82 Å². The van der Waals surface area contributed by atoms with E-state index < -0.39 is 15.3 Å². The second-order valence-electron chi connectivity index (χ2n) is 4.55. The number of nitrogens with one attached hydrogen (secondary N) is 2. The van der Waals surface area contributed by atoms with Crippen molar-refractivity contribution in [3.8, 4) is 0 Å². The van der Waals surface area contributed by atoms with E-state index >= 15 is 0 Å². The first-order chi connectivity index (χ1) is 8.86. The molecule has 0 aliphatic heterocycles. The minimum absolute atomic E-state index is 0.334. The molecule has 0 aromatic heterocycles. The summed E-state index contributed by atoms with van der Waals surface area (Å²) in [5.41, 5.74) is 0.737. The van der Waals surface area contributed by atoms with Gasteiger partial charge >= 0.3 is 0 Å². The second-order valence-corrected chi connectivity index (χ2v) is 6.68. The number of sulfonamides is 1. The standard InChI is InChI=1S/C13H21FN2O2S/c1-4-15-9-10(2)19(17,18)16-11(3)12-5-7-13(14)8-6-12/h5-8,10-11,15-16H,4,9H2,1-3H3. The van der Waals surface area contributed by atoms with E-state index in [2.05, 4.69) is 10.0 Å². The lowest BCUT2D eigenvalue weighted by atomic mass is 10.1. The molecule has 2 atom stereocenters. The van der Waals surface area contributed by atoms with Crippen molar-refractivity contribution in [1.82, 2.24) is 10.0 Å². The fourth-order valence-electron chi connectivity index (χ4n) is 1.64. The maximum absolute atomic E-state index is 12.8. The molecule has 1 aromatic rings. The highest BCUT2D eigenvalue weighted by Crippen LogP contribution is 2.15. The van der Waals surface area contributed by atoms with Crippen molar-refractivity contribution in [3.05, 3.63) is 35.6 Å². The predicted octanol–water partition coefficient (Wildman–Crippen LogP) is 1.80. The third kappa shape index (κ3) is 4.89. The zero-order valence-electron chi connectivity index (χ0n) is 11.5. The predicted molar refractivity (Wildman–Crippen MR) is 74.9 cm³/mol. The Bertz CT molecular complexity index is 488. The lowest BCUT2D eigenvalue weighted by molar-refractivity contribution is 0.546. The second kappa shape index (κ2) is 6.98. The molecule has 6 heteroatoms. The minimum atomic E-state index is -3.40. The third-order valence-corrected chi connectivity index (χ3v) is 4.83. The Labute approximate surface area is 114 Å². The zero-order valence-corrected chi connectivity index (χ0v) is 12.3. The van der Waals surface area contributed by atoms with E-state index in [0.29, 0.717) is 6.54 Å². The quantitative estimate of drug-likeness (QED) is 0.804. The van der Waals surface area contributed by atoms with Crippen LogP contribution in [-0.2, 0) is 10.0 Å². The lowest BCUT2D eigenvalue weighted by Gasteiger charge is -2.19. The Morgan fingerprint density at radius 2 is 1.79 bits per heavy atom. The van der Waals surface area contributed by atoms with Crippen LogP contribution in [0.25, 0.3) is 0 Å². The maximum atomic E-state index is 12.8. The highest BCUT2D eigenvalue weighted by Gasteiger charge is 2.22. The summed E-state index contributed by atoms with van der Waals surface area (Å²) in [6.07, 6.45) is 0. The summed E-state index contributed by atoms with van der Waals surface area (Å²) < 4.78 is 39.5. The van der Waals surface area contributed by atoms with Gasteiger partial charge in [0.05, 0.1) is 5.25 Å². The Morgan fingerprint density at radius 3 is 2.32 bits per heavy atom. The van der Waals surface area contributed by atoms with Crippen LogP contribution >= 0.6 is 0 Å². The van der Waals surface area contributed by atoms with Gasteiger partial charge in [0, 0.05) is 12.6 Å². The van der Waals surface area contributed by atoms with E-state index in [4.69, 9.17) is 0 Å². The summed E-state index contributed by atoms with van der Waals surface area (Å²) in [5, 5.41) is 2.49. The van der Waals surface area contributed by atoms with Crippen LogP contribution in [0.4, 0.5) is 4.39 Å². The van der Waals surface area contributed by atoms with Gasteiger partial charge in [0.15, 0.2) is 0 Å². The molecule has 1 rings (SSSR count). The Kier molecular flexibility index (Phi) is 5.90. The Hall–Kier alpha value is -0.980. The molecule has 2 N–H and O–H groups in total. The first-order valence-electron chi connectivity index (χ1n) is 6.34. The fourth-order valence-corrected chi connectivity index (χ4v) is 2.84. The first kappa shape index (κ1) is 16.1. The molecule has 0 saturated carbocycles. The summed E-state index contributed by atoms with van der Waals surface area (Å²) in [6.45, 7) is 6.45. The van der Waals surface area contributed by atoms with E-state index in [1.807, 2.05) is 6.92 Å². The molecule has 0 spiro atoms. The highest BCUT2D eigenvalue weighted by atomic mass is 32.2. The maximum Gasteiger partial charge on any atom is 0.216 e. The largest absolute Gasteiger partial charge is 0.316 e. The number of benzene rings is 1. The molecule has 0 saturated heterocycles. The molecule has 108 valence electrons. The van der Waals surface area contributed by atoms with Crippen molar-refractivity contribution in [2.24, 2.45) is 0 Å². The van der Waals surface area contributed by atoms with Crippen molar-refractivity contribution in [3.63, 3.8) is 0 Å². The van der Waals surface area contributed by atoms with Gasteiger partial charge in [-0.25, -0.2) is 17.5 Å². The molecule has 0 radical (unpaired) electrons. The number of halogens is 1. The first-order valence-corrected chi connectivity index (χ1v) is 7.88. The Balaban J connectivity index is 2.69. The molecule has 0 aliphatic carbocycles. The number of rotatable bonds is 7. The van der Waals surface area contributed by atoms with E-state index in [9.17, 15) is 12.8 Å². The van der Waals surface area contributed by atoms with Crippen LogP contribution in [0.5, 0.6) is 0 Å². The van der Waals surface area contributed by atoms with Crippen molar-refractivity contribution in [1.29, 1.82) is 0 Å². The van der Waals surface area contributed by atoms with Gasteiger partial charge in [-0.15, -0.1) is 0 Å². The van der Waals surface area contributed by atoms with Gasteiger partial charge in [-0.2, -0.15) is 0 Å². The summed E-state index contributed by atoms with van der Waals surface area (Å²) in [7, 11) is -3.40. The summed E-state index contributed by atoms with van der Waals surface area (Å²) in [6, 6.07) is 5.42. The monoisotopic (exact) mass is 288 g/mol. The minimum Gasteiger partial charge on any atom is -0.316 e. The normalized spacial score (nSPS) is 15.2. The smallest absolute Gasteiger partial charge is 0.216 e. The van der Waals surface area contributed by atoms with Crippen molar-refractivity contribution in [2.45, 2.75) is 32.1 Å². The molecule has 0 amide bonds. The summed E-state index contributed by atoms with van der Waals surface area (Å²) in [5.74, 6) is -0.334. The molecule has 2 unspecified atom stereocenters. The van der Waals surface area contributed by atoms with Crippen molar-refractivity contribution < 1.29 is 12.8 Å². The van der Waals surface area contributed by atoms with Gasteiger partial charge in [0.25, 0.3) is 0 Å². The van der Waals surface area contributed by atoms with Gasteiger partial charge in [-0.05, 0) is 38.1 Å². The fraction of sp³-hybridized carbons (Fsp3) is 0.538. The lowest BCUT2D eigenvalue weighted by Crippen LogP contribution is -2.39.